The summed E-state index contributed by atoms with van der Waals surface area (Å²) in [6.07, 6.45) is 3.00. The lowest BCUT2D eigenvalue weighted by molar-refractivity contribution is -0.170. The Morgan fingerprint density at radius 1 is 1.29 bits per heavy atom. The van der Waals surface area contributed by atoms with Gasteiger partial charge in [0.2, 0.25) is 0 Å². The monoisotopic (exact) mass is 330 g/mol. The molecule has 0 bridgehead atoms. The SMILES string of the molecule is N#CC1C(CO)CN(Cc2ccccc2)C1COC1CCCCO1. The number of aliphatic hydroxyl groups excluding tert-OH is 1. The molecule has 0 amide bonds. The zero-order valence-corrected chi connectivity index (χ0v) is 14.0. The van der Waals surface area contributed by atoms with Gasteiger partial charge in [0.1, 0.15) is 0 Å². The van der Waals surface area contributed by atoms with Crippen molar-refractivity contribution in [3.63, 3.8) is 0 Å². The van der Waals surface area contributed by atoms with E-state index < -0.39 is 0 Å². The molecule has 2 aliphatic heterocycles. The third-order valence-electron chi connectivity index (χ3n) is 5.06. The number of rotatable bonds is 6. The van der Waals surface area contributed by atoms with Gasteiger partial charge in [-0.25, -0.2) is 0 Å². The van der Waals surface area contributed by atoms with Gasteiger partial charge in [-0.05, 0) is 24.8 Å². The van der Waals surface area contributed by atoms with Crippen molar-refractivity contribution in [2.45, 2.75) is 38.1 Å². The van der Waals surface area contributed by atoms with Crippen LogP contribution in [0.3, 0.4) is 0 Å². The van der Waals surface area contributed by atoms with E-state index in [1.807, 2.05) is 18.2 Å². The average molecular weight is 330 g/mol. The number of nitrogens with zero attached hydrogens (tertiary/aromatic N) is 2. The summed E-state index contributed by atoms with van der Waals surface area (Å²) in [5.41, 5.74) is 1.21. The summed E-state index contributed by atoms with van der Waals surface area (Å²) < 4.78 is 11.6. The minimum atomic E-state index is -0.206. The van der Waals surface area contributed by atoms with Crippen molar-refractivity contribution >= 4 is 0 Å². The second-order valence-electron chi connectivity index (χ2n) is 6.71. The molecular weight excluding hydrogens is 304 g/mol. The third-order valence-corrected chi connectivity index (χ3v) is 5.06. The van der Waals surface area contributed by atoms with Crippen LogP contribution in [-0.4, -0.2) is 48.7 Å². The van der Waals surface area contributed by atoms with Crippen molar-refractivity contribution in [1.82, 2.24) is 4.90 Å². The number of nitriles is 1. The molecule has 0 radical (unpaired) electrons. The van der Waals surface area contributed by atoms with Crippen LogP contribution in [0.15, 0.2) is 30.3 Å². The average Bonchev–Trinajstić information content (AvgIpc) is 2.98. The van der Waals surface area contributed by atoms with Crippen LogP contribution < -0.4 is 0 Å². The molecule has 24 heavy (non-hydrogen) atoms. The fourth-order valence-electron chi connectivity index (χ4n) is 3.71. The predicted molar refractivity (Wildman–Crippen MR) is 89.9 cm³/mol. The van der Waals surface area contributed by atoms with E-state index in [0.717, 1.165) is 39.0 Å². The molecule has 0 saturated carbocycles. The first-order chi connectivity index (χ1) is 11.8. The molecule has 1 aromatic carbocycles. The van der Waals surface area contributed by atoms with Crippen LogP contribution in [0, 0.1) is 23.2 Å². The highest BCUT2D eigenvalue weighted by atomic mass is 16.7. The summed E-state index contributed by atoms with van der Waals surface area (Å²) in [6.45, 7) is 2.77. The second kappa shape index (κ2) is 8.59. The summed E-state index contributed by atoms with van der Waals surface area (Å²) in [4.78, 5) is 2.27. The molecule has 5 nitrogen and oxygen atoms in total. The van der Waals surface area contributed by atoms with Gasteiger partial charge in [-0.2, -0.15) is 5.26 Å². The number of likely N-dealkylation sites (tertiary alicyclic amines) is 1. The zero-order valence-electron chi connectivity index (χ0n) is 14.0. The molecule has 2 heterocycles. The van der Waals surface area contributed by atoms with Crippen LogP contribution in [-0.2, 0) is 16.0 Å². The van der Waals surface area contributed by atoms with E-state index in [0.29, 0.717) is 6.61 Å². The van der Waals surface area contributed by atoms with Crippen LogP contribution in [0.25, 0.3) is 0 Å². The van der Waals surface area contributed by atoms with Gasteiger partial charge in [-0.3, -0.25) is 4.90 Å². The van der Waals surface area contributed by atoms with Crippen molar-refractivity contribution in [2.24, 2.45) is 11.8 Å². The van der Waals surface area contributed by atoms with Gasteiger partial charge in [0, 0.05) is 38.3 Å². The quantitative estimate of drug-likeness (QED) is 0.866. The maximum atomic E-state index is 9.64. The molecule has 2 aliphatic rings. The number of benzene rings is 1. The lowest BCUT2D eigenvalue weighted by Gasteiger charge is -2.29. The first-order valence-corrected chi connectivity index (χ1v) is 8.83. The highest BCUT2D eigenvalue weighted by molar-refractivity contribution is 5.16. The third kappa shape index (κ3) is 4.14. The number of hydrogen-bond donors (Lipinski definition) is 1. The van der Waals surface area contributed by atoms with Gasteiger partial charge in [0.15, 0.2) is 6.29 Å². The van der Waals surface area contributed by atoms with Crippen molar-refractivity contribution < 1.29 is 14.6 Å². The summed E-state index contributed by atoms with van der Waals surface area (Å²) in [5.74, 6) is -0.220. The van der Waals surface area contributed by atoms with Gasteiger partial charge < -0.3 is 14.6 Å². The standard InChI is InChI=1S/C19H26N2O3/c20-10-17-16(13-22)12-21(11-15-6-2-1-3-7-15)18(17)14-24-19-8-4-5-9-23-19/h1-3,6-7,16-19,22H,4-5,8-9,11-14H2. The Morgan fingerprint density at radius 2 is 2.12 bits per heavy atom. The summed E-state index contributed by atoms with van der Waals surface area (Å²) in [5, 5.41) is 19.2. The summed E-state index contributed by atoms with van der Waals surface area (Å²) >= 11 is 0. The number of aliphatic hydroxyl groups is 1. The maximum absolute atomic E-state index is 9.64. The Balaban J connectivity index is 1.66. The van der Waals surface area contributed by atoms with Crippen molar-refractivity contribution in [1.29, 1.82) is 5.26 Å². The van der Waals surface area contributed by atoms with Crippen molar-refractivity contribution in [3.05, 3.63) is 35.9 Å². The highest BCUT2D eigenvalue weighted by Crippen LogP contribution is 2.31. The molecular formula is C19H26N2O3. The zero-order chi connectivity index (χ0) is 16.8. The minimum Gasteiger partial charge on any atom is -0.396 e. The molecule has 0 spiro atoms. The van der Waals surface area contributed by atoms with E-state index in [9.17, 15) is 10.4 Å². The topological polar surface area (TPSA) is 65.7 Å². The number of hydrogen-bond acceptors (Lipinski definition) is 5. The fourth-order valence-corrected chi connectivity index (χ4v) is 3.71. The van der Waals surface area contributed by atoms with Crippen molar-refractivity contribution in [2.75, 3.05) is 26.4 Å². The molecule has 4 atom stereocenters. The van der Waals surface area contributed by atoms with Crippen LogP contribution in [0.5, 0.6) is 0 Å². The molecule has 1 aromatic rings. The Labute approximate surface area is 143 Å². The van der Waals surface area contributed by atoms with E-state index in [1.54, 1.807) is 0 Å². The Bertz CT molecular complexity index is 539. The largest absolute Gasteiger partial charge is 0.396 e. The molecule has 0 aromatic heterocycles. The molecule has 2 fully saturated rings. The second-order valence-corrected chi connectivity index (χ2v) is 6.71. The summed E-state index contributed by atoms with van der Waals surface area (Å²) in [6, 6.07) is 12.6. The van der Waals surface area contributed by atoms with E-state index in [4.69, 9.17) is 9.47 Å². The molecule has 0 aliphatic carbocycles. The van der Waals surface area contributed by atoms with Crippen LogP contribution in [0.4, 0.5) is 0 Å². The predicted octanol–water partition coefficient (Wildman–Crippen LogP) is 2.16. The lowest BCUT2D eigenvalue weighted by Crippen LogP contribution is -2.38. The summed E-state index contributed by atoms with van der Waals surface area (Å²) in [7, 11) is 0. The molecule has 130 valence electrons. The van der Waals surface area contributed by atoms with Gasteiger partial charge in [-0.15, -0.1) is 0 Å². The van der Waals surface area contributed by atoms with Crippen LogP contribution in [0.1, 0.15) is 24.8 Å². The first-order valence-electron chi connectivity index (χ1n) is 8.83. The van der Waals surface area contributed by atoms with E-state index in [-0.39, 0.29) is 30.8 Å². The van der Waals surface area contributed by atoms with E-state index in [2.05, 4.69) is 23.1 Å². The molecule has 5 heteroatoms. The van der Waals surface area contributed by atoms with E-state index >= 15 is 0 Å². The van der Waals surface area contributed by atoms with Crippen molar-refractivity contribution in [3.8, 4) is 6.07 Å². The molecule has 1 N–H and O–H groups in total. The first kappa shape index (κ1) is 17.4. The molecule has 4 unspecified atom stereocenters. The highest BCUT2D eigenvalue weighted by Gasteiger charge is 2.42. The van der Waals surface area contributed by atoms with Gasteiger partial charge >= 0.3 is 0 Å². The fraction of sp³-hybridized carbons (Fsp3) is 0.632. The smallest absolute Gasteiger partial charge is 0.157 e. The Morgan fingerprint density at radius 3 is 2.79 bits per heavy atom. The molecule has 3 rings (SSSR count). The maximum Gasteiger partial charge on any atom is 0.157 e. The van der Waals surface area contributed by atoms with Gasteiger partial charge in [0.05, 0.1) is 18.6 Å². The number of ether oxygens (including phenoxy) is 2. The van der Waals surface area contributed by atoms with Crippen LogP contribution >= 0.6 is 0 Å². The molecule has 2 saturated heterocycles. The Kier molecular flexibility index (Phi) is 6.22. The minimum absolute atomic E-state index is 0.00196. The normalized spacial score (nSPS) is 31.0. The lowest BCUT2D eigenvalue weighted by atomic mass is 9.93. The van der Waals surface area contributed by atoms with Crippen LogP contribution in [0.2, 0.25) is 0 Å². The Hall–Kier alpha value is -1.45. The van der Waals surface area contributed by atoms with E-state index in [1.165, 1.54) is 5.56 Å². The van der Waals surface area contributed by atoms with Gasteiger partial charge in [0.25, 0.3) is 0 Å². The van der Waals surface area contributed by atoms with Gasteiger partial charge in [-0.1, -0.05) is 30.3 Å².